The lowest BCUT2D eigenvalue weighted by Gasteiger charge is -2.33. The van der Waals surface area contributed by atoms with Crippen LogP contribution in [0.5, 0.6) is 5.75 Å². The monoisotopic (exact) mass is 462 g/mol. The molecule has 1 heterocycles. The van der Waals surface area contributed by atoms with Gasteiger partial charge in [-0.3, -0.25) is 9.59 Å². The summed E-state index contributed by atoms with van der Waals surface area (Å²) in [4.78, 5) is 29.8. The second kappa shape index (κ2) is 11.1. The third kappa shape index (κ3) is 5.63. The maximum atomic E-state index is 13.7. The minimum atomic E-state index is -0.743. The van der Waals surface area contributed by atoms with Gasteiger partial charge in [0.2, 0.25) is 5.91 Å². The van der Waals surface area contributed by atoms with E-state index in [4.69, 9.17) is 4.74 Å². The topological polar surface area (TPSA) is 58.6 Å². The molecule has 1 aliphatic rings. The van der Waals surface area contributed by atoms with Crippen molar-refractivity contribution < 1.29 is 14.3 Å². The Morgan fingerprint density at radius 3 is 2.42 bits per heavy atom. The van der Waals surface area contributed by atoms with Crippen LogP contribution in [0.3, 0.4) is 0 Å². The van der Waals surface area contributed by atoms with E-state index < -0.39 is 6.04 Å². The number of hydrogen-bond acceptors (Lipinski definition) is 4. The van der Waals surface area contributed by atoms with E-state index in [1.165, 1.54) is 17.8 Å². The molecule has 0 spiro atoms. The first-order chi connectivity index (χ1) is 16.2. The molecule has 1 aliphatic carbocycles. The van der Waals surface area contributed by atoms with E-state index in [9.17, 15) is 9.59 Å². The molecule has 0 bridgehead atoms. The summed E-state index contributed by atoms with van der Waals surface area (Å²) in [6.07, 6.45) is 5.43. The van der Waals surface area contributed by atoms with Crippen LogP contribution in [-0.4, -0.2) is 29.9 Å². The summed E-state index contributed by atoms with van der Waals surface area (Å²) >= 11 is 1.39. The second-order valence-electron chi connectivity index (χ2n) is 8.38. The van der Waals surface area contributed by atoms with Gasteiger partial charge in [-0.1, -0.05) is 73.9 Å². The maximum absolute atomic E-state index is 13.7. The first kappa shape index (κ1) is 23.1. The van der Waals surface area contributed by atoms with Crippen molar-refractivity contribution in [1.29, 1.82) is 0 Å². The van der Waals surface area contributed by atoms with Crippen LogP contribution in [0, 0.1) is 0 Å². The van der Waals surface area contributed by atoms with Crippen LogP contribution in [0.2, 0.25) is 0 Å². The SMILES string of the molecule is COc1ccccc1CN(C(=O)c1cccs1)[C@@H](C(=O)NC1CCCCC1)c1ccccc1. The van der Waals surface area contributed by atoms with Crippen molar-refractivity contribution in [2.24, 2.45) is 0 Å². The lowest BCUT2D eigenvalue weighted by Crippen LogP contribution is -2.46. The molecule has 5 nitrogen and oxygen atoms in total. The first-order valence-electron chi connectivity index (χ1n) is 11.5. The Morgan fingerprint density at radius 1 is 1.00 bits per heavy atom. The summed E-state index contributed by atoms with van der Waals surface area (Å²) in [7, 11) is 1.62. The Bertz CT molecular complexity index is 1050. The predicted octanol–water partition coefficient (Wildman–Crippen LogP) is 5.59. The molecule has 1 atom stereocenters. The van der Waals surface area contributed by atoms with Crippen molar-refractivity contribution in [2.45, 2.75) is 50.7 Å². The lowest BCUT2D eigenvalue weighted by atomic mass is 9.94. The van der Waals surface area contributed by atoms with E-state index in [1.807, 2.05) is 72.1 Å². The van der Waals surface area contributed by atoms with Crippen LogP contribution in [-0.2, 0) is 11.3 Å². The number of thiophene rings is 1. The Hall–Kier alpha value is -3.12. The minimum Gasteiger partial charge on any atom is -0.496 e. The number of ether oxygens (including phenoxy) is 1. The highest BCUT2D eigenvalue weighted by Crippen LogP contribution is 2.30. The number of para-hydroxylation sites is 1. The fraction of sp³-hybridized carbons (Fsp3) is 0.333. The van der Waals surface area contributed by atoms with Gasteiger partial charge in [-0.05, 0) is 35.9 Å². The van der Waals surface area contributed by atoms with Gasteiger partial charge < -0.3 is 15.0 Å². The summed E-state index contributed by atoms with van der Waals surface area (Å²) in [5.74, 6) is 0.400. The zero-order valence-electron chi connectivity index (χ0n) is 18.9. The first-order valence-corrected chi connectivity index (χ1v) is 12.4. The van der Waals surface area contributed by atoms with Gasteiger partial charge in [0.25, 0.3) is 5.91 Å². The highest BCUT2D eigenvalue weighted by Gasteiger charge is 2.34. The third-order valence-corrected chi connectivity index (χ3v) is 7.01. The van der Waals surface area contributed by atoms with Gasteiger partial charge in [-0.2, -0.15) is 0 Å². The van der Waals surface area contributed by atoms with Crippen LogP contribution < -0.4 is 10.1 Å². The number of amides is 2. The second-order valence-corrected chi connectivity index (χ2v) is 9.33. The van der Waals surface area contributed by atoms with Gasteiger partial charge >= 0.3 is 0 Å². The Balaban J connectivity index is 1.73. The average Bonchev–Trinajstić information content (AvgIpc) is 3.40. The van der Waals surface area contributed by atoms with E-state index in [0.717, 1.165) is 36.8 Å². The summed E-state index contributed by atoms with van der Waals surface area (Å²) < 4.78 is 5.55. The molecule has 33 heavy (non-hydrogen) atoms. The van der Waals surface area contributed by atoms with Crippen LogP contribution >= 0.6 is 11.3 Å². The summed E-state index contributed by atoms with van der Waals surface area (Å²) in [5.41, 5.74) is 1.65. The van der Waals surface area contributed by atoms with Crippen molar-refractivity contribution in [3.63, 3.8) is 0 Å². The molecule has 4 rings (SSSR count). The van der Waals surface area contributed by atoms with Crippen molar-refractivity contribution in [3.05, 3.63) is 88.1 Å². The minimum absolute atomic E-state index is 0.132. The molecule has 3 aromatic rings. The zero-order valence-corrected chi connectivity index (χ0v) is 19.7. The number of hydrogen-bond donors (Lipinski definition) is 1. The van der Waals surface area contributed by atoms with Gasteiger partial charge in [-0.15, -0.1) is 11.3 Å². The Kier molecular flexibility index (Phi) is 7.79. The summed E-state index contributed by atoms with van der Waals surface area (Å²) in [6.45, 7) is 0.262. The van der Waals surface area contributed by atoms with Crippen LogP contribution in [0.1, 0.15) is 58.9 Å². The molecule has 2 aromatic carbocycles. The number of nitrogens with zero attached hydrogens (tertiary/aromatic N) is 1. The van der Waals surface area contributed by atoms with E-state index in [1.54, 1.807) is 12.0 Å². The molecule has 6 heteroatoms. The van der Waals surface area contributed by atoms with E-state index >= 15 is 0 Å². The predicted molar refractivity (Wildman–Crippen MR) is 131 cm³/mol. The normalized spacial score (nSPS) is 14.9. The number of carbonyl (C=O) groups is 2. The average molecular weight is 463 g/mol. The van der Waals surface area contributed by atoms with Crippen molar-refractivity contribution in [1.82, 2.24) is 10.2 Å². The van der Waals surface area contributed by atoms with Crippen molar-refractivity contribution >= 4 is 23.2 Å². The highest BCUT2D eigenvalue weighted by atomic mass is 32.1. The Morgan fingerprint density at radius 2 is 1.73 bits per heavy atom. The molecule has 0 saturated heterocycles. The number of nitrogens with one attached hydrogen (secondary N) is 1. The van der Waals surface area contributed by atoms with Gasteiger partial charge in [-0.25, -0.2) is 0 Å². The maximum Gasteiger partial charge on any atom is 0.265 e. The van der Waals surface area contributed by atoms with Gasteiger partial charge in [0.1, 0.15) is 11.8 Å². The zero-order chi connectivity index (χ0) is 23.0. The number of methoxy groups -OCH3 is 1. The molecule has 1 aromatic heterocycles. The molecule has 0 aliphatic heterocycles. The van der Waals surface area contributed by atoms with E-state index in [0.29, 0.717) is 10.6 Å². The van der Waals surface area contributed by atoms with E-state index in [2.05, 4.69) is 5.32 Å². The molecular weight excluding hydrogens is 432 g/mol. The smallest absolute Gasteiger partial charge is 0.265 e. The number of rotatable bonds is 8. The van der Waals surface area contributed by atoms with Crippen molar-refractivity contribution in [2.75, 3.05) is 7.11 Å². The van der Waals surface area contributed by atoms with Crippen molar-refractivity contribution in [3.8, 4) is 5.75 Å². The molecule has 0 radical (unpaired) electrons. The summed E-state index contributed by atoms with van der Waals surface area (Å²) in [5, 5.41) is 5.13. The lowest BCUT2D eigenvalue weighted by molar-refractivity contribution is -0.127. The molecule has 172 valence electrons. The van der Waals surface area contributed by atoms with Crippen LogP contribution in [0.25, 0.3) is 0 Å². The third-order valence-electron chi connectivity index (χ3n) is 6.15. The number of carbonyl (C=O) groups excluding carboxylic acids is 2. The standard InChI is InChI=1S/C27H30N2O3S/c1-32-23-16-9-8-13-21(23)19-29(27(31)24-17-10-18-33-24)25(20-11-4-2-5-12-20)26(30)28-22-14-6-3-7-15-22/h2,4-5,8-13,16-18,22,25H,3,6-7,14-15,19H2,1H3,(H,28,30)/t25-/m1/s1. The molecule has 2 amide bonds. The molecule has 1 fully saturated rings. The van der Waals surface area contributed by atoms with Gasteiger partial charge in [0.05, 0.1) is 18.5 Å². The Labute approximate surface area is 199 Å². The van der Waals surface area contributed by atoms with Gasteiger partial charge in [0.15, 0.2) is 0 Å². The number of benzene rings is 2. The summed E-state index contributed by atoms with van der Waals surface area (Å²) in [6, 6.07) is 20.3. The quantitative estimate of drug-likeness (QED) is 0.475. The van der Waals surface area contributed by atoms with Crippen LogP contribution in [0.15, 0.2) is 72.1 Å². The molecule has 1 N–H and O–H groups in total. The fourth-order valence-electron chi connectivity index (χ4n) is 4.47. The molecular formula is C27H30N2O3S. The van der Waals surface area contributed by atoms with E-state index in [-0.39, 0.29) is 24.4 Å². The van der Waals surface area contributed by atoms with Crippen LogP contribution in [0.4, 0.5) is 0 Å². The molecule has 0 unspecified atom stereocenters. The fourth-order valence-corrected chi connectivity index (χ4v) is 5.15. The highest BCUT2D eigenvalue weighted by molar-refractivity contribution is 7.12. The molecule has 1 saturated carbocycles. The largest absolute Gasteiger partial charge is 0.496 e. The van der Waals surface area contributed by atoms with Gasteiger partial charge in [0, 0.05) is 11.6 Å².